The van der Waals surface area contributed by atoms with Crippen LogP contribution in [0, 0.1) is 11.3 Å². The van der Waals surface area contributed by atoms with Crippen molar-refractivity contribution in [1.29, 1.82) is 5.26 Å². The summed E-state index contributed by atoms with van der Waals surface area (Å²) in [6.07, 6.45) is 3.08. The predicted molar refractivity (Wildman–Crippen MR) is 69.9 cm³/mol. The van der Waals surface area contributed by atoms with Crippen molar-refractivity contribution in [3.8, 4) is 6.07 Å². The fourth-order valence-corrected chi connectivity index (χ4v) is 4.77. The van der Waals surface area contributed by atoms with Crippen LogP contribution in [0.25, 0.3) is 0 Å². The maximum atomic E-state index is 12.2. The van der Waals surface area contributed by atoms with Crippen LogP contribution in [0.5, 0.6) is 0 Å². The lowest BCUT2D eigenvalue weighted by Crippen LogP contribution is -2.47. The number of nitrogens with zero attached hydrogens (tertiary/aromatic N) is 2. The first-order valence-corrected chi connectivity index (χ1v) is 8.13. The summed E-state index contributed by atoms with van der Waals surface area (Å²) >= 11 is 7.38. The van der Waals surface area contributed by atoms with E-state index in [1.54, 1.807) is 11.8 Å². The van der Waals surface area contributed by atoms with E-state index in [1.165, 1.54) is 18.5 Å². The SMILES string of the molecule is N#CC1(NS(=O)(=O)c2cnccc2Cl)CCSC1. The van der Waals surface area contributed by atoms with Crippen LogP contribution in [-0.2, 0) is 10.0 Å². The van der Waals surface area contributed by atoms with Crippen molar-refractivity contribution in [1.82, 2.24) is 9.71 Å². The minimum absolute atomic E-state index is 0.0937. The van der Waals surface area contributed by atoms with Gasteiger partial charge in [-0.05, 0) is 18.2 Å². The molecule has 0 aliphatic carbocycles. The highest BCUT2D eigenvalue weighted by Gasteiger charge is 2.39. The van der Waals surface area contributed by atoms with Gasteiger partial charge in [-0.1, -0.05) is 11.6 Å². The molecule has 1 N–H and O–H groups in total. The van der Waals surface area contributed by atoms with Gasteiger partial charge in [-0.3, -0.25) is 4.98 Å². The molecule has 1 atom stereocenters. The average molecular weight is 304 g/mol. The van der Waals surface area contributed by atoms with Crippen LogP contribution in [0.4, 0.5) is 0 Å². The molecule has 1 aromatic rings. The molecule has 8 heteroatoms. The number of nitriles is 1. The summed E-state index contributed by atoms with van der Waals surface area (Å²) < 4.78 is 26.8. The number of thioether (sulfide) groups is 1. The molecule has 1 unspecified atom stereocenters. The minimum Gasteiger partial charge on any atom is -0.263 e. The molecule has 0 aromatic carbocycles. The lowest BCUT2D eigenvalue weighted by molar-refractivity contribution is 0.514. The molecule has 1 aliphatic rings. The molecule has 0 saturated carbocycles. The highest BCUT2D eigenvalue weighted by atomic mass is 35.5. The summed E-state index contributed by atoms with van der Waals surface area (Å²) in [5.41, 5.74) is -1.04. The topological polar surface area (TPSA) is 82.9 Å². The molecule has 18 heavy (non-hydrogen) atoms. The number of hydrogen-bond acceptors (Lipinski definition) is 5. The third-order valence-electron chi connectivity index (χ3n) is 2.59. The second-order valence-corrected chi connectivity index (χ2v) is 7.07. The molecule has 0 amide bonds. The molecule has 1 aliphatic heterocycles. The van der Waals surface area contributed by atoms with Crippen LogP contribution in [-0.4, -0.2) is 30.4 Å². The summed E-state index contributed by atoms with van der Waals surface area (Å²) in [7, 11) is -3.83. The predicted octanol–water partition coefficient (Wildman–Crippen LogP) is 1.41. The number of rotatable bonds is 3. The molecule has 2 heterocycles. The van der Waals surface area contributed by atoms with E-state index in [0.29, 0.717) is 12.2 Å². The Morgan fingerprint density at radius 1 is 1.61 bits per heavy atom. The largest absolute Gasteiger partial charge is 0.263 e. The van der Waals surface area contributed by atoms with Crippen molar-refractivity contribution in [2.24, 2.45) is 0 Å². The molecule has 1 fully saturated rings. The van der Waals surface area contributed by atoms with Crippen molar-refractivity contribution >= 4 is 33.4 Å². The van der Waals surface area contributed by atoms with Crippen LogP contribution in [0.2, 0.25) is 5.02 Å². The van der Waals surface area contributed by atoms with Gasteiger partial charge in [0.25, 0.3) is 0 Å². The quantitative estimate of drug-likeness (QED) is 0.913. The van der Waals surface area contributed by atoms with E-state index in [4.69, 9.17) is 16.9 Å². The smallest absolute Gasteiger partial charge is 0.245 e. The van der Waals surface area contributed by atoms with Gasteiger partial charge in [0.15, 0.2) is 0 Å². The first kappa shape index (κ1) is 13.6. The zero-order valence-corrected chi connectivity index (χ0v) is 11.6. The number of halogens is 1. The maximum absolute atomic E-state index is 12.2. The standard InChI is InChI=1S/C10H10ClN3O2S2/c11-8-1-3-13-5-9(8)18(15,16)14-10(6-12)2-4-17-7-10/h1,3,5,14H,2,4,7H2. The Morgan fingerprint density at radius 2 is 2.39 bits per heavy atom. The molecule has 1 aromatic heterocycles. The third kappa shape index (κ3) is 2.62. The fraction of sp³-hybridized carbons (Fsp3) is 0.400. The van der Waals surface area contributed by atoms with Crippen LogP contribution in [0.3, 0.4) is 0 Å². The molecule has 0 spiro atoms. The minimum atomic E-state index is -3.83. The van der Waals surface area contributed by atoms with E-state index in [-0.39, 0.29) is 9.92 Å². The van der Waals surface area contributed by atoms with Crippen LogP contribution < -0.4 is 4.72 Å². The summed E-state index contributed by atoms with van der Waals surface area (Å²) in [6.45, 7) is 0. The molecule has 0 bridgehead atoms. The number of pyridine rings is 1. The highest BCUT2D eigenvalue weighted by molar-refractivity contribution is 7.99. The van der Waals surface area contributed by atoms with Gasteiger partial charge in [0, 0.05) is 18.1 Å². The van der Waals surface area contributed by atoms with Gasteiger partial charge in [0.1, 0.15) is 10.4 Å². The first-order chi connectivity index (χ1) is 8.49. The summed E-state index contributed by atoms with van der Waals surface area (Å²) in [6, 6.07) is 3.45. The van der Waals surface area contributed by atoms with Gasteiger partial charge in [-0.2, -0.15) is 21.7 Å². The van der Waals surface area contributed by atoms with Crippen LogP contribution in [0.1, 0.15) is 6.42 Å². The molecular weight excluding hydrogens is 294 g/mol. The van der Waals surface area contributed by atoms with Gasteiger partial charge in [-0.15, -0.1) is 0 Å². The molecule has 5 nitrogen and oxygen atoms in total. The fourth-order valence-electron chi connectivity index (χ4n) is 1.63. The average Bonchev–Trinajstić information content (AvgIpc) is 2.78. The van der Waals surface area contributed by atoms with Crippen molar-refractivity contribution in [2.75, 3.05) is 11.5 Å². The molecule has 2 rings (SSSR count). The Bertz CT molecular complexity index is 591. The van der Waals surface area contributed by atoms with Crippen molar-refractivity contribution < 1.29 is 8.42 Å². The Kier molecular flexibility index (Phi) is 3.82. The van der Waals surface area contributed by atoms with E-state index in [0.717, 1.165) is 5.75 Å². The second-order valence-electron chi connectivity index (χ2n) is 3.91. The lowest BCUT2D eigenvalue weighted by atomic mass is 10.0. The van der Waals surface area contributed by atoms with E-state index in [9.17, 15) is 8.42 Å². The number of nitrogens with one attached hydrogen (secondary N) is 1. The lowest BCUT2D eigenvalue weighted by Gasteiger charge is -2.21. The Balaban J connectivity index is 2.34. The van der Waals surface area contributed by atoms with Gasteiger partial charge >= 0.3 is 0 Å². The van der Waals surface area contributed by atoms with Crippen molar-refractivity contribution in [2.45, 2.75) is 16.9 Å². The summed E-state index contributed by atoms with van der Waals surface area (Å²) in [5.74, 6) is 1.21. The highest BCUT2D eigenvalue weighted by Crippen LogP contribution is 2.30. The second kappa shape index (κ2) is 5.05. The monoisotopic (exact) mass is 303 g/mol. The van der Waals surface area contributed by atoms with Gasteiger partial charge in [0.2, 0.25) is 10.0 Å². The normalized spacial score (nSPS) is 23.8. The Morgan fingerprint density at radius 3 is 2.94 bits per heavy atom. The van der Waals surface area contributed by atoms with E-state index >= 15 is 0 Å². The van der Waals surface area contributed by atoms with Crippen molar-refractivity contribution in [3.05, 3.63) is 23.5 Å². The zero-order valence-electron chi connectivity index (χ0n) is 9.26. The van der Waals surface area contributed by atoms with Gasteiger partial charge in [0.05, 0.1) is 11.1 Å². The maximum Gasteiger partial charge on any atom is 0.245 e. The van der Waals surface area contributed by atoms with Gasteiger partial charge in [-0.25, -0.2) is 8.42 Å². The van der Waals surface area contributed by atoms with Crippen LogP contribution in [0.15, 0.2) is 23.4 Å². The van der Waals surface area contributed by atoms with Gasteiger partial charge < -0.3 is 0 Å². The molecule has 0 radical (unpaired) electrons. The molecule has 1 saturated heterocycles. The molecular formula is C10H10ClN3O2S2. The first-order valence-electron chi connectivity index (χ1n) is 5.12. The Hall–Kier alpha value is -0.810. The molecule has 96 valence electrons. The van der Waals surface area contributed by atoms with E-state index in [2.05, 4.69) is 9.71 Å². The van der Waals surface area contributed by atoms with Crippen molar-refractivity contribution in [3.63, 3.8) is 0 Å². The number of hydrogen-bond donors (Lipinski definition) is 1. The van der Waals surface area contributed by atoms with E-state index in [1.807, 2.05) is 6.07 Å². The summed E-state index contributed by atoms with van der Waals surface area (Å²) in [4.78, 5) is 3.64. The third-order valence-corrected chi connectivity index (χ3v) is 5.78. The zero-order chi connectivity index (χ0) is 13.2. The number of aromatic nitrogens is 1. The summed E-state index contributed by atoms with van der Waals surface area (Å²) in [5, 5.41) is 9.25. The Labute approximate surface area is 115 Å². The van der Waals surface area contributed by atoms with Crippen LogP contribution >= 0.6 is 23.4 Å². The number of sulfonamides is 1. The van der Waals surface area contributed by atoms with E-state index < -0.39 is 15.6 Å².